The van der Waals surface area contributed by atoms with Crippen LogP contribution < -0.4 is 0 Å². The molecule has 0 aliphatic rings. The molecule has 1 heterocycles. The van der Waals surface area contributed by atoms with E-state index < -0.39 is 0 Å². The van der Waals surface area contributed by atoms with Crippen LogP contribution in [0.2, 0.25) is 0 Å². The fourth-order valence-electron chi connectivity index (χ4n) is 2.76. The van der Waals surface area contributed by atoms with Gasteiger partial charge in [-0.3, -0.25) is 0 Å². The zero-order valence-electron chi connectivity index (χ0n) is 15.5. The van der Waals surface area contributed by atoms with Gasteiger partial charge in [0.2, 0.25) is 0 Å². The lowest BCUT2D eigenvalue weighted by Gasteiger charge is -2.15. The van der Waals surface area contributed by atoms with Crippen LogP contribution in [-0.4, -0.2) is 19.9 Å². The zero-order valence-corrected chi connectivity index (χ0v) is 16.3. The van der Waals surface area contributed by atoms with Gasteiger partial charge in [-0.2, -0.15) is 5.26 Å². The fourth-order valence-corrected chi connectivity index (χ4v) is 3.71. The molecule has 0 saturated carbocycles. The molecule has 27 heavy (non-hydrogen) atoms. The standard InChI is InChI=1S/C21H22N4OS/c1-3-15(2)13-25-20(18-10-6-7-11-19(18)26)23-24-21(25)27-14-17-9-5-4-8-16(17)12-22/h4-11,15,26H,3,13-14H2,1-2H3. The van der Waals surface area contributed by atoms with Gasteiger partial charge in [-0.15, -0.1) is 10.2 Å². The molecule has 0 aliphatic heterocycles. The van der Waals surface area contributed by atoms with Gasteiger partial charge < -0.3 is 9.67 Å². The number of phenols is 1. The first-order chi connectivity index (χ1) is 13.1. The predicted molar refractivity (Wildman–Crippen MR) is 107 cm³/mol. The number of phenolic OH excluding ortho intramolecular Hbond substituents is 1. The van der Waals surface area contributed by atoms with E-state index in [-0.39, 0.29) is 5.75 Å². The Morgan fingerprint density at radius 2 is 1.89 bits per heavy atom. The van der Waals surface area contributed by atoms with E-state index in [0.29, 0.717) is 28.6 Å². The van der Waals surface area contributed by atoms with Gasteiger partial charge in [0.25, 0.3) is 0 Å². The smallest absolute Gasteiger partial charge is 0.191 e. The molecule has 138 valence electrons. The molecule has 1 unspecified atom stereocenters. The van der Waals surface area contributed by atoms with Crippen molar-refractivity contribution in [3.8, 4) is 23.2 Å². The van der Waals surface area contributed by atoms with Crippen LogP contribution in [0.4, 0.5) is 0 Å². The van der Waals surface area contributed by atoms with Crippen LogP contribution in [0.3, 0.4) is 0 Å². The van der Waals surface area contributed by atoms with Crippen molar-refractivity contribution in [3.05, 3.63) is 59.7 Å². The van der Waals surface area contributed by atoms with E-state index in [4.69, 9.17) is 0 Å². The molecular weight excluding hydrogens is 356 g/mol. The van der Waals surface area contributed by atoms with E-state index in [1.54, 1.807) is 23.9 Å². The Balaban J connectivity index is 1.93. The summed E-state index contributed by atoms with van der Waals surface area (Å²) in [4.78, 5) is 0. The fraction of sp³-hybridized carbons (Fsp3) is 0.286. The minimum Gasteiger partial charge on any atom is -0.507 e. The van der Waals surface area contributed by atoms with Gasteiger partial charge in [0.15, 0.2) is 11.0 Å². The second-order valence-corrected chi connectivity index (χ2v) is 7.45. The Bertz CT molecular complexity index is 961. The van der Waals surface area contributed by atoms with Crippen LogP contribution in [0.5, 0.6) is 5.75 Å². The molecule has 0 saturated heterocycles. The summed E-state index contributed by atoms with van der Waals surface area (Å²) < 4.78 is 2.07. The van der Waals surface area contributed by atoms with Crippen LogP contribution in [-0.2, 0) is 12.3 Å². The number of hydrogen-bond donors (Lipinski definition) is 1. The largest absolute Gasteiger partial charge is 0.507 e. The molecular formula is C21H22N4OS. The zero-order chi connectivity index (χ0) is 19.2. The van der Waals surface area contributed by atoms with E-state index in [0.717, 1.165) is 23.7 Å². The van der Waals surface area contributed by atoms with Crippen LogP contribution in [0, 0.1) is 17.2 Å². The van der Waals surface area contributed by atoms with Crippen molar-refractivity contribution in [2.24, 2.45) is 5.92 Å². The van der Waals surface area contributed by atoms with Gasteiger partial charge >= 0.3 is 0 Å². The predicted octanol–water partition coefficient (Wildman–Crippen LogP) is 4.86. The Labute approximate surface area is 163 Å². The summed E-state index contributed by atoms with van der Waals surface area (Å²) >= 11 is 1.56. The first-order valence-corrected chi connectivity index (χ1v) is 9.95. The van der Waals surface area contributed by atoms with Crippen LogP contribution in [0.15, 0.2) is 53.7 Å². The average Bonchev–Trinajstić information content (AvgIpc) is 3.09. The number of nitrogens with zero attached hydrogens (tertiary/aromatic N) is 4. The van der Waals surface area contributed by atoms with Gasteiger partial charge in [-0.1, -0.05) is 62.4 Å². The monoisotopic (exact) mass is 378 g/mol. The molecule has 0 bridgehead atoms. The molecule has 0 aliphatic carbocycles. The van der Waals surface area contributed by atoms with Gasteiger partial charge in [-0.25, -0.2) is 0 Å². The Morgan fingerprint density at radius 3 is 2.63 bits per heavy atom. The summed E-state index contributed by atoms with van der Waals surface area (Å²) in [5.41, 5.74) is 2.34. The number of thioether (sulfide) groups is 1. The summed E-state index contributed by atoms with van der Waals surface area (Å²) in [5, 5.41) is 29.0. The maximum atomic E-state index is 10.2. The minimum atomic E-state index is 0.196. The topological polar surface area (TPSA) is 74.7 Å². The highest BCUT2D eigenvalue weighted by atomic mass is 32.2. The van der Waals surface area contributed by atoms with E-state index in [1.807, 2.05) is 36.4 Å². The van der Waals surface area contributed by atoms with Crippen LogP contribution >= 0.6 is 11.8 Å². The number of aromatic nitrogens is 3. The minimum absolute atomic E-state index is 0.196. The highest BCUT2D eigenvalue weighted by Crippen LogP contribution is 2.32. The molecule has 0 fully saturated rings. The summed E-state index contributed by atoms with van der Waals surface area (Å²) in [7, 11) is 0. The molecule has 3 aromatic rings. The lowest BCUT2D eigenvalue weighted by atomic mass is 10.1. The van der Waals surface area contributed by atoms with E-state index in [9.17, 15) is 10.4 Å². The Kier molecular flexibility index (Phi) is 6.15. The Hall–Kier alpha value is -2.78. The quantitative estimate of drug-likeness (QED) is 0.594. The molecule has 1 N–H and O–H groups in total. The number of aromatic hydroxyl groups is 1. The maximum absolute atomic E-state index is 10.2. The van der Waals surface area contributed by atoms with Crippen LogP contribution in [0.25, 0.3) is 11.4 Å². The van der Waals surface area contributed by atoms with Crippen molar-refractivity contribution >= 4 is 11.8 Å². The highest BCUT2D eigenvalue weighted by Gasteiger charge is 2.18. The third kappa shape index (κ3) is 4.32. The van der Waals surface area contributed by atoms with Crippen molar-refractivity contribution < 1.29 is 5.11 Å². The molecule has 2 aromatic carbocycles. The summed E-state index contributed by atoms with van der Waals surface area (Å²) in [6.45, 7) is 5.12. The molecule has 6 heteroatoms. The molecule has 0 amide bonds. The summed E-state index contributed by atoms with van der Waals surface area (Å²) in [6, 6.07) is 17.0. The average molecular weight is 379 g/mol. The summed E-state index contributed by atoms with van der Waals surface area (Å²) in [6.07, 6.45) is 1.04. The third-order valence-corrected chi connectivity index (χ3v) is 5.56. The van der Waals surface area contributed by atoms with Gasteiger partial charge in [-0.05, 0) is 29.7 Å². The van der Waals surface area contributed by atoms with Gasteiger partial charge in [0, 0.05) is 12.3 Å². The highest BCUT2D eigenvalue weighted by molar-refractivity contribution is 7.98. The first-order valence-electron chi connectivity index (χ1n) is 8.96. The SMILES string of the molecule is CCC(C)Cn1c(SCc2ccccc2C#N)nnc1-c1ccccc1O. The van der Waals surface area contributed by atoms with Gasteiger partial charge in [0.1, 0.15) is 5.75 Å². The van der Waals surface area contributed by atoms with Crippen LogP contribution in [0.1, 0.15) is 31.4 Å². The molecule has 0 spiro atoms. The summed E-state index contributed by atoms with van der Waals surface area (Å²) in [5.74, 6) is 1.96. The van der Waals surface area contributed by atoms with Crippen molar-refractivity contribution in [1.29, 1.82) is 5.26 Å². The lowest BCUT2D eigenvalue weighted by molar-refractivity contribution is 0.447. The van der Waals surface area contributed by atoms with E-state index in [2.05, 4.69) is 34.7 Å². The van der Waals surface area contributed by atoms with Crippen molar-refractivity contribution in [2.45, 2.75) is 37.7 Å². The molecule has 5 nitrogen and oxygen atoms in total. The molecule has 0 radical (unpaired) electrons. The van der Waals surface area contributed by atoms with E-state index in [1.165, 1.54) is 0 Å². The molecule has 1 atom stereocenters. The van der Waals surface area contributed by atoms with Crippen molar-refractivity contribution in [2.75, 3.05) is 0 Å². The molecule has 1 aromatic heterocycles. The second kappa shape index (κ2) is 8.74. The first kappa shape index (κ1) is 19.0. The molecule has 3 rings (SSSR count). The number of para-hydroxylation sites is 1. The Morgan fingerprint density at radius 1 is 1.15 bits per heavy atom. The number of benzene rings is 2. The maximum Gasteiger partial charge on any atom is 0.191 e. The van der Waals surface area contributed by atoms with Crippen molar-refractivity contribution in [1.82, 2.24) is 14.8 Å². The number of hydrogen-bond acceptors (Lipinski definition) is 5. The lowest BCUT2D eigenvalue weighted by Crippen LogP contribution is -2.09. The normalized spacial score (nSPS) is 11.9. The number of nitriles is 1. The second-order valence-electron chi connectivity index (χ2n) is 6.50. The van der Waals surface area contributed by atoms with E-state index >= 15 is 0 Å². The number of rotatable bonds is 7. The van der Waals surface area contributed by atoms with Crippen molar-refractivity contribution in [3.63, 3.8) is 0 Å². The van der Waals surface area contributed by atoms with Gasteiger partial charge in [0.05, 0.1) is 17.2 Å². The third-order valence-electron chi connectivity index (χ3n) is 4.55.